The van der Waals surface area contributed by atoms with Crippen LogP contribution in [0.25, 0.3) is 33.5 Å². The lowest BCUT2D eigenvalue weighted by molar-refractivity contribution is 0.154. The number of anilines is 1. The first kappa shape index (κ1) is 18.2. The molecule has 5 heterocycles. The second-order valence-electron chi connectivity index (χ2n) is 7.17. The number of aliphatic hydroxyl groups excluding tert-OH is 1. The van der Waals surface area contributed by atoms with E-state index in [9.17, 15) is 5.11 Å². The van der Waals surface area contributed by atoms with Gasteiger partial charge in [0.25, 0.3) is 0 Å². The second kappa shape index (κ2) is 7.53. The van der Waals surface area contributed by atoms with Gasteiger partial charge in [-0.3, -0.25) is 15.1 Å². The molecule has 8 heteroatoms. The molecule has 0 aliphatic carbocycles. The van der Waals surface area contributed by atoms with Crippen LogP contribution in [0.5, 0.6) is 0 Å². The summed E-state index contributed by atoms with van der Waals surface area (Å²) in [5.41, 5.74) is 4.20. The number of fused-ring (bicyclic) bond motifs is 1. The monoisotopic (exact) mass is 450 g/mol. The minimum absolute atomic E-state index is 0.319. The largest absolute Gasteiger partial charge is 0.391 e. The molecule has 1 atom stereocenters. The van der Waals surface area contributed by atoms with Gasteiger partial charge in [-0.1, -0.05) is 0 Å². The Hall–Kier alpha value is -2.84. The zero-order valence-electron chi connectivity index (χ0n) is 15.6. The van der Waals surface area contributed by atoms with E-state index in [1.807, 2.05) is 30.3 Å². The topological polar surface area (TPSA) is 90.8 Å². The maximum Gasteiger partial charge on any atom is 0.143 e. The first-order chi connectivity index (χ1) is 14.2. The van der Waals surface area contributed by atoms with Crippen LogP contribution in [0.3, 0.4) is 0 Å². The van der Waals surface area contributed by atoms with E-state index in [-0.39, 0.29) is 6.10 Å². The van der Waals surface area contributed by atoms with E-state index >= 15 is 0 Å². The summed E-state index contributed by atoms with van der Waals surface area (Å²) in [7, 11) is 0. The van der Waals surface area contributed by atoms with Crippen molar-refractivity contribution in [3.8, 4) is 22.6 Å². The molecule has 0 saturated carbocycles. The zero-order chi connectivity index (χ0) is 19.8. The summed E-state index contributed by atoms with van der Waals surface area (Å²) in [5, 5.41) is 18.6. The van der Waals surface area contributed by atoms with Crippen LogP contribution in [0.2, 0.25) is 0 Å². The minimum atomic E-state index is -0.319. The van der Waals surface area contributed by atoms with E-state index in [0.717, 1.165) is 63.2 Å². The Balaban J connectivity index is 1.58. The van der Waals surface area contributed by atoms with Crippen LogP contribution in [0.4, 0.5) is 5.82 Å². The van der Waals surface area contributed by atoms with E-state index < -0.39 is 0 Å². The molecule has 0 bridgehead atoms. The zero-order valence-corrected chi connectivity index (χ0v) is 17.2. The molecule has 1 saturated heterocycles. The Kier molecular flexibility index (Phi) is 4.73. The summed E-state index contributed by atoms with van der Waals surface area (Å²) >= 11 is 3.61. The van der Waals surface area contributed by atoms with Crippen molar-refractivity contribution in [3.63, 3.8) is 0 Å². The van der Waals surface area contributed by atoms with Gasteiger partial charge in [-0.05, 0) is 59.1 Å². The van der Waals surface area contributed by atoms with E-state index in [1.54, 1.807) is 18.6 Å². The molecule has 0 radical (unpaired) electrons. The molecule has 2 N–H and O–H groups in total. The van der Waals surface area contributed by atoms with Crippen molar-refractivity contribution in [2.24, 2.45) is 0 Å². The smallest absolute Gasteiger partial charge is 0.143 e. The van der Waals surface area contributed by atoms with Crippen LogP contribution in [0, 0.1) is 0 Å². The number of aromatic nitrogens is 5. The third-order valence-corrected chi connectivity index (χ3v) is 5.79. The number of rotatable bonds is 3. The van der Waals surface area contributed by atoms with Crippen LogP contribution in [-0.2, 0) is 0 Å². The molecule has 0 unspecified atom stereocenters. The Bertz CT molecular complexity index is 1160. The van der Waals surface area contributed by atoms with Crippen molar-refractivity contribution in [1.82, 2.24) is 25.1 Å². The highest BCUT2D eigenvalue weighted by Crippen LogP contribution is 2.33. The van der Waals surface area contributed by atoms with Crippen LogP contribution in [0.1, 0.15) is 12.8 Å². The first-order valence-corrected chi connectivity index (χ1v) is 10.3. The number of nitrogens with one attached hydrogen (secondary N) is 1. The van der Waals surface area contributed by atoms with E-state index in [1.165, 1.54) is 0 Å². The normalized spacial score (nSPS) is 17.0. The number of piperidine rings is 1. The fourth-order valence-corrected chi connectivity index (χ4v) is 4.19. The molecule has 4 aromatic heterocycles. The molecule has 0 spiro atoms. The maximum atomic E-state index is 10.1. The number of pyridine rings is 3. The summed E-state index contributed by atoms with van der Waals surface area (Å²) in [4.78, 5) is 15.7. The molecule has 1 fully saturated rings. The van der Waals surface area contributed by atoms with Crippen LogP contribution in [0.15, 0.2) is 53.4 Å². The molecule has 0 amide bonds. The van der Waals surface area contributed by atoms with Gasteiger partial charge in [0.1, 0.15) is 11.5 Å². The average Bonchev–Trinajstić information content (AvgIpc) is 3.18. The number of β-amino-alcohol motifs (C(OH)–C–C–N with tert-alkyl or cyclic N) is 1. The van der Waals surface area contributed by atoms with Gasteiger partial charge in [-0.25, -0.2) is 4.98 Å². The van der Waals surface area contributed by atoms with E-state index in [0.29, 0.717) is 6.54 Å². The molecule has 29 heavy (non-hydrogen) atoms. The van der Waals surface area contributed by atoms with Gasteiger partial charge in [-0.15, -0.1) is 0 Å². The van der Waals surface area contributed by atoms with Crippen molar-refractivity contribution in [1.29, 1.82) is 0 Å². The highest BCUT2D eigenvalue weighted by atomic mass is 79.9. The molecule has 4 aromatic rings. The highest BCUT2D eigenvalue weighted by molar-refractivity contribution is 9.10. The molecule has 1 aliphatic rings. The molecule has 1 aliphatic heterocycles. The average molecular weight is 451 g/mol. The predicted octanol–water partition coefficient (Wildman–Crippen LogP) is 3.81. The number of aliphatic hydroxyl groups is 1. The molecule has 0 aromatic carbocycles. The summed E-state index contributed by atoms with van der Waals surface area (Å²) in [6.45, 7) is 1.47. The summed E-state index contributed by atoms with van der Waals surface area (Å²) in [6, 6.07) is 9.83. The lowest BCUT2D eigenvalue weighted by Crippen LogP contribution is -2.38. The molecule has 7 nitrogen and oxygen atoms in total. The number of halogens is 1. The third kappa shape index (κ3) is 3.49. The third-order valence-electron chi connectivity index (χ3n) is 5.17. The number of aromatic amines is 1. The quantitative estimate of drug-likeness (QED) is 0.493. The second-order valence-corrected chi connectivity index (χ2v) is 8.03. The molecule has 5 rings (SSSR count). The lowest BCUT2D eigenvalue weighted by Gasteiger charge is -2.31. The standard InChI is InChI=1S/C21H19BrN6O/c22-16-5-6-17(25-21(16)28-8-2-4-14(29)12-28)20-15-9-18(13-3-1-7-23-10-13)24-11-19(15)26-27-20/h1,3,5-7,9-11,14,29H,2,4,8,12H2,(H,26,27)/t14-/m1/s1. The first-order valence-electron chi connectivity index (χ1n) is 9.53. The van der Waals surface area contributed by atoms with Gasteiger partial charge in [0.15, 0.2) is 0 Å². The van der Waals surface area contributed by atoms with Crippen molar-refractivity contribution < 1.29 is 5.11 Å². The maximum absolute atomic E-state index is 10.1. The Morgan fingerprint density at radius 3 is 2.93 bits per heavy atom. The summed E-state index contributed by atoms with van der Waals surface area (Å²) in [5.74, 6) is 0.832. The van der Waals surface area contributed by atoms with E-state index in [4.69, 9.17) is 4.98 Å². The van der Waals surface area contributed by atoms with Gasteiger partial charge in [0, 0.05) is 36.4 Å². The summed E-state index contributed by atoms with van der Waals surface area (Å²) in [6.07, 6.45) is 6.80. The van der Waals surface area contributed by atoms with Gasteiger partial charge in [-0.2, -0.15) is 5.10 Å². The lowest BCUT2D eigenvalue weighted by atomic mass is 10.1. The fraction of sp³-hybridized carbons (Fsp3) is 0.238. The Labute approximate surface area is 176 Å². The molecule has 146 valence electrons. The highest BCUT2D eigenvalue weighted by Gasteiger charge is 2.22. The SMILES string of the molecule is O[C@@H]1CCCN(c2nc(-c3n[nH]c4cnc(-c5cccnc5)cc34)ccc2Br)C1. The van der Waals surface area contributed by atoms with Crippen LogP contribution >= 0.6 is 15.9 Å². The van der Waals surface area contributed by atoms with Crippen molar-refractivity contribution >= 4 is 32.7 Å². The van der Waals surface area contributed by atoms with Crippen LogP contribution < -0.4 is 4.90 Å². The molecular formula is C21H19BrN6O. The van der Waals surface area contributed by atoms with Gasteiger partial charge < -0.3 is 10.0 Å². The summed E-state index contributed by atoms with van der Waals surface area (Å²) < 4.78 is 0.910. The minimum Gasteiger partial charge on any atom is -0.391 e. The van der Waals surface area contributed by atoms with Crippen molar-refractivity contribution in [3.05, 3.63) is 53.4 Å². The number of hydrogen-bond acceptors (Lipinski definition) is 6. The molecular weight excluding hydrogens is 432 g/mol. The Morgan fingerprint density at radius 2 is 2.10 bits per heavy atom. The van der Waals surface area contributed by atoms with Crippen molar-refractivity contribution in [2.75, 3.05) is 18.0 Å². The van der Waals surface area contributed by atoms with Crippen molar-refractivity contribution in [2.45, 2.75) is 18.9 Å². The Morgan fingerprint density at radius 1 is 1.17 bits per heavy atom. The van der Waals surface area contributed by atoms with Crippen LogP contribution in [-0.4, -0.2) is 49.4 Å². The number of nitrogens with zero attached hydrogens (tertiary/aromatic N) is 5. The van der Waals surface area contributed by atoms with Gasteiger partial charge >= 0.3 is 0 Å². The van der Waals surface area contributed by atoms with Gasteiger partial charge in [0.05, 0.1) is 33.7 Å². The van der Waals surface area contributed by atoms with E-state index in [2.05, 4.69) is 41.0 Å². The van der Waals surface area contributed by atoms with Gasteiger partial charge in [0.2, 0.25) is 0 Å². The number of hydrogen-bond donors (Lipinski definition) is 2. The fourth-order valence-electron chi connectivity index (χ4n) is 3.72. The predicted molar refractivity (Wildman–Crippen MR) is 116 cm³/mol. The number of H-pyrrole nitrogens is 1.